The molecule has 0 aromatic carbocycles. The molecule has 1 aromatic rings. The molecule has 5 heteroatoms. The van der Waals surface area contributed by atoms with Crippen LogP contribution in [0, 0.1) is 0 Å². The van der Waals surface area contributed by atoms with Crippen molar-refractivity contribution in [3.05, 3.63) is 11.9 Å². The van der Waals surface area contributed by atoms with Crippen molar-refractivity contribution in [3.8, 4) is 5.75 Å². The van der Waals surface area contributed by atoms with E-state index in [-0.39, 0.29) is 17.7 Å². The molecule has 102 valence electrons. The largest absolute Gasteiger partial charge is 0.493 e. The minimum Gasteiger partial charge on any atom is -0.493 e. The van der Waals surface area contributed by atoms with Crippen molar-refractivity contribution in [3.63, 3.8) is 0 Å². The number of hydrogen-bond donors (Lipinski definition) is 1. The molecule has 1 atom stereocenters. The minimum absolute atomic E-state index is 0.198. The van der Waals surface area contributed by atoms with Crippen molar-refractivity contribution in [2.75, 3.05) is 14.2 Å². The molecule has 1 saturated carbocycles. The summed E-state index contributed by atoms with van der Waals surface area (Å²) in [5.74, 6) is 0.750. The second kappa shape index (κ2) is 4.90. The average Bonchev–Trinajstić information content (AvgIpc) is 2.71. The van der Waals surface area contributed by atoms with Crippen LogP contribution in [0.2, 0.25) is 0 Å². The lowest BCUT2D eigenvalue weighted by Crippen LogP contribution is -2.49. The quantitative estimate of drug-likeness (QED) is 0.872. The van der Waals surface area contributed by atoms with Gasteiger partial charge < -0.3 is 15.2 Å². The van der Waals surface area contributed by atoms with Crippen LogP contribution in [-0.4, -0.2) is 29.6 Å². The third-order valence-corrected chi connectivity index (χ3v) is 3.98. The fourth-order valence-electron chi connectivity index (χ4n) is 2.64. The molecule has 18 heavy (non-hydrogen) atoms. The molecule has 5 nitrogen and oxygen atoms in total. The van der Waals surface area contributed by atoms with Gasteiger partial charge in [-0.05, 0) is 33.1 Å². The van der Waals surface area contributed by atoms with Crippen molar-refractivity contribution in [2.24, 2.45) is 5.73 Å². The molecule has 1 fully saturated rings. The molecule has 0 bridgehead atoms. The fraction of sp³-hybridized carbons (Fsp3) is 0.769. The maximum atomic E-state index is 6.44. The van der Waals surface area contributed by atoms with Crippen LogP contribution < -0.4 is 10.5 Å². The van der Waals surface area contributed by atoms with Gasteiger partial charge in [0.15, 0.2) is 5.75 Å². The van der Waals surface area contributed by atoms with Crippen LogP contribution in [0.4, 0.5) is 0 Å². The van der Waals surface area contributed by atoms with Gasteiger partial charge >= 0.3 is 0 Å². The Balaban J connectivity index is 2.39. The fourth-order valence-corrected chi connectivity index (χ4v) is 2.64. The first kappa shape index (κ1) is 13.4. The van der Waals surface area contributed by atoms with Gasteiger partial charge in [-0.25, -0.2) is 0 Å². The van der Waals surface area contributed by atoms with E-state index in [1.54, 1.807) is 20.4 Å². The van der Waals surface area contributed by atoms with Gasteiger partial charge in [0.1, 0.15) is 5.69 Å². The molecule has 1 aliphatic carbocycles. The first-order chi connectivity index (χ1) is 8.55. The van der Waals surface area contributed by atoms with E-state index in [1.165, 1.54) is 6.42 Å². The Labute approximate surface area is 108 Å². The van der Waals surface area contributed by atoms with E-state index in [0.717, 1.165) is 24.3 Å². The summed E-state index contributed by atoms with van der Waals surface area (Å²) in [4.78, 5) is 0. The van der Waals surface area contributed by atoms with E-state index in [0.29, 0.717) is 0 Å². The molecule has 1 aromatic heterocycles. The standard InChI is InChI=1S/C13H23N3O2/c1-9(2)16-11(10(17-3)8-15-16)12(14)13(18-4)6-5-7-13/h8-9,12H,5-7,14H2,1-4H3. The Morgan fingerprint density at radius 2 is 2.06 bits per heavy atom. The predicted molar refractivity (Wildman–Crippen MR) is 69.7 cm³/mol. The third kappa shape index (κ3) is 1.91. The van der Waals surface area contributed by atoms with Gasteiger partial charge in [-0.3, -0.25) is 4.68 Å². The molecule has 1 heterocycles. The van der Waals surface area contributed by atoms with Gasteiger partial charge in [-0.1, -0.05) is 0 Å². The highest BCUT2D eigenvalue weighted by Gasteiger charge is 2.46. The molecular formula is C13H23N3O2. The zero-order valence-corrected chi connectivity index (χ0v) is 11.6. The summed E-state index contributed by atoms with van der Waals surface area (Å²) in [6.07, 6.45) is 4.89. The first-order valence-corrected chi connectivity index (χ1v) is 6.48. The molecule has 1 unspecified atom stereocenters. The van der Waals surface area contributed by atoms with Gasteiger partial charge in [0.2, 0.25) is 0 Å². The lowest BCUT2D eigenvalue weighted by Gasteiger charge is -2.45. The van der Waals surface area contributed by atoms with E-state index in [9.17, 15) is 0 Å². The number of nitrogens with zero attached hydrogens (tertiary/aromatic N) is 2. The summed E-state index contributed by atoms with van der Waals surface area (Å²) in [7, 11) is 3.39. The van der Waals surface area contributed by atoms with Gasteiger partial charge in [0, 0.05) is 13.2 Å². The lowest BCUT2D eigenvalue weighted by atomic mass is 9.73. The van der Waals surface area contributed by atoms with Crippen molar-refractivity contribution < 1.29 is 9.47 Å². The van der Waals surface area contributed by atoms with Crippen LogP contribution in [-0.2, 0) is 4.74 Å². The van der Waals surface area contributed by atoms with Crippen LogP contribution in [0.1, 0.15) is 50.9 Å². The van der Waals surface area contributed by atoms with Crippen molar-refractivity contribution >= 4 is 0 Å². The van der Waals surface area contributed by atoms with Gasteiger partial charge in [0.05, 0.1) is 24.9 Å². The number of nitrogens with two attached hydrogens (primary N) is 1. The smallest absolute Gasteiger partial charge is 0.161 e. The van der Waals surface area contributed by atoms with E-state index < -0.39 is 0 Å². The second-order valence-corrected chi connectivity index (χ2v) is 5.24. The predicted octanol–water partition coefficient (Wildman–Crippen LogP) is 2.04. The first-order valence-electron chi connectivity index (χ1n) is 6.48. The van der Waals surface area contributed by atoms with Crippen LogP contribution in [0.15, 0.2) is 6.20 Å². The van der Waals surface area contributed by atoms with E-state index >= 15 is 0 Å². The molecule has 0 aliphatic heterocycles. The van der Waals surface area contributed by atoms with Gasteiger partial charge in [-0.15, -0.1) is 0 Å². The Bertz CT molecular complexity index is 405. The summed E-state index contributed by atoms with van der Waals surface area (Å²) in [5.41, 5.74) is 7.13. The number of hydrogen-bond acceptors (Lipinski definition) is 4. The summed E-state index contributed by atoms with van der Waals surface area (Å²) in [6, 6.07) is 0.0556. The molecule has 1 aliphatic rings. The molecular weight excluding hydrogens is 230 g/mol. The molecule has 0 radical (unpaired) electrons. The van der Waals surface area contributed by atoms with Crippen molar-refractivity contribution in [2.45, 2.75) is 50.8 Å². The highest BCUT2D eigenvalue weighted by molar-refractivity contribution is 5.31. The van der Waals surface area contributed by atoms with E-state index in [4.69, 9.17) is 15.2 Å². The number of aromatic nitrogens is 2. The maximum absolute atomic E-state index is 6.44. The van der Waals surface area contributed by atoms with E-state index in [1.807, 2.05) is 4.68 Å². The van der Waals surface area contributed by atoms with Crippen molar-refractivity contribution in [1.82, 2.24) is 9.78 Å². The third-order valence-electron chi connectivity index (χ3n) is 3.98. The van der Waals surface area contributed by atoms with Crippen LogP contribution in [0.5, 0.6) is 5.75 Å². The molecule has 0 amide bonds. The SMILES string of the molecule is COc1cnn(C(C)C)c1C(N)C1(OC)CCC1. The number of ether oxygens (including phenoxy) is 2. The second-order valence-electron chi connectivity index (χ2n) is 5.24. The van der Waals surface area contributed by atoms with Crippen LogP contribution >= 0.6 is 0 Å². The molecule has 0 saturated heterocycles. The van der Waals surface area contributed by atoms with Crippen LogP contribution in [0.25, 0.3) is 0 Å². The summed E-state index contributed by atoms with van der Waals surface area (Å²) < 4.78 is 13.0. The Kier molecular flexibility index (Phi) is 3.64. The molecule has 0 spiro atoms. The van der Waals surface area contributed by atoms with Gasteiger partial charge in [-0.2, -0.15) is 5.10 Å². The van der Waals surface area contributed by atoms with E-state index in [2.05, 4.69) is 18.9 Å². The summed E-state index contributed by atoms with van der Waals surface area (Å²) in [6.45, 7) is 4.17. The summed E-state index contributed by atoms with van der Waals surface area (Å²) in [5, 5.41) is 4.37. The number of methoxy groups -OCH3 is 2. The summed E-state index contributed by atoms with van der Waals surface area (Å²) >= 11 is 0. The number of rotatable bonds is 5. The minimum atomic E-state index is -0.250. The lowest BCUT2D eigenvalue weighted by molar-refractivity contribution is -0.0932. The normalized spacial score (nSPS) is 19.7. The Hall–Kier alpha value is -1.07. The monoisotopic (exact) mass is 253 g/mol. The maximum Gasteiger partial charge on any atom is 0.161 e. The molecule has 2 rings (SSSR count). The van der Waals surface area contributed by atoms with Gasteiger partial charge in [0.25, 0.3) is 0 Å². The Morgan fingerprint density at radius 1 is 1.39 bits per heavy atom. The zero-order chi connectivity index (χ0) is 13.3. The molecule has 2 N–H and O–H groups in total. The average molecular weight is 253 g/mol. The topological polar surface area (TPSA) is 62.3 Å². The van der Waals surface area contributed by atoms with Crippen LogP contribution in [0.3, 0.4) is 0 Å². The Morgan fingerprint density at radius 3 is 2.44 bits per heavy atom. The highest BCUT2D eigenvalue weighted by Crippen LogP contribution is 2.45. The zero-order valence-electron chi connectivity index (χ0n) is 11.6. The van der Waals surface area contributed by atoms with Crippen molar-refractivity contribution in [1.29, 1.82) is 0 Å². The highest BCUT2D eigenvalue weighted by atomic mass is 16.5.